The number of aromatic amines is 1. The van der Waals surface area contributed by atoms with Crippen molar-refractivity contribution in [1.29, 1.82) is 0 Å². The van der Waals surface area contributed by atoms with E-state index in [1.807, 2.05) is 38.4 Å². The number of carbonyl (C=O) groups excluding carboxylic acids is 1. The summed E-state index contributed by atoms with van der Waals surface area (Å²) in [5, 5.41) is 10.4. The minimum atomic E-state index is -0.492. The van der Waals surface area contributed by atoms with Gasteiger partial charge in [0.25, 0.3) is 0 Å². The number of rotatable bonds is 8. The second kappa shape index (κ2) is 8.28. The van der Waals surface area contributed by atoms with Crippen LogP contribution >= 0.6 is 0 Å². The molecule has 7 nitrogen and oxygen atoms in total. The summed E-state index contributed by atoms with van der Waals surface area (Å²) in [6.45, 7) is 3.64. The fourth-order valence-corrected chi connectivity index (χ4v) is 2.08. The smallest absolute Gasteiger partial charge is 0.361 e. The molecule has 0 bridgehead atoms. The SMILES string of the molecule is CCOC(=O)c1n[nH]nc1-c1cccc(OCCCN(C)C)c1. The molecule has 2 rings (SSSR count). The lowest BCUT2D eigenvalue weighted by molar-refractivity contribution is 0.0520. The highest BCUT2D eigenvalue weighted by Crippen LogP contribution is 2.24. The molecule has 0 radical (unpaired) electrons. The highest BCUT2D eigenvalue weighted by Gasteiger charge is 2.19. The third-order valence-electron chi connectivity index (χ3n) is 3.14. The molecule has 0 spiro atoms. The van der Waals surface area contributed by atoms with E-state index >= 15 is 0 Å². The summed E-state index contributed by atoms with van der Waals surface area (Å²) in [5.74, 6) is 0.243. The Kier molecular flexibility index (Phi) is 6.10. The van der Waals surface area contributed by atoms with Gasteiger partial charge in [-0.3, -0.25) is 0 Å². The maximum Gasteiger partial charge on any atom is 0.361 e. The molecule has 1 aromatic carbocycles. The topological polar surface area (TPSA) is 80.3 Å². The van der Waals surface area contributed by atoms with Crippen LogP contribution in [0.15, 0.2) is 24.3 Å². The zero-order valence-electron chi connectivity index (χ0n) is 13.7. The quantitative estimate of drug-likeness (QED) is 0.592. The summed E-state index contributed by atoms with van der Waals surface area (Å²) in [5.41, 5.74) is 1.39. The molecule has 1 aromatic heterocycles. The first-order valence-corrected chi connectivity index (χ1v) is 7.57. The third-order valence-corrected chi connectivity index (χ3v) is 3.14. The first kappa shape index (κ1) is 17.0. The average Bonchev–Trinajstić information content (AvgIpc) is 3.02. The Labute approximate surface area is 135 Å². The minimum Gasteiger partial charge on any atom is -0.494 e. The minimum absolute atomic E-state index is 0.177. The van der Waals surface area contributed by atoms with Gasteiger partial charge in [0.1, 0.15) is 11.4 Å². The standard InChI is InChI=1S/C16H22N4O3/c1-4-22-16(21)15-14(17-19-18-15)12-7-5-8-13(11-12)23-10-6-9-20(2)3/h5,7-8,11H,4,6,9-10H2,1-3H3,(H,17,18,19). The maximum absolute atomic E-state index is 11.9. The normalized spacial score (nSPS) is 10.8. The van der Waals surface area contributed by atoms with Gasteiger partial charge in [-0.15, -0.1) is 5.10 Å². The Hall–Kier alpha value is -2.41. The van der Waals surface area contributed by atoms with Gasteiger partial charge in [-0.05, 0) is 39.6 Å². The molecule has 7 heteroatoms. The molecule has 0 aliphatic heterocycles. The van der Waals surface area contributed by atoms with Crippen molar-refractivity contribution >= 4 is 5.97 Å². The van der Waals surface area contributed by atoms with Crippen molar-refractivity contribution in [2.45, 2.75) is 13.3 Å². The van der Waals surface area contributed by atoms with Crippen molar-refractivity contribution < 1.29 is 14.3 Å². The number of aromatic nitrogens is 3. The van der Waals surface area contributed by atoms with E-state index in [4.69, 9.17) is 9.47 Å². The molecule has 0 aliphatic carbocycles. The van der Waals surface area contributed by atoms with Crippen LogP contribution in [0.3, 0.4) is 0 Å². The van der Waals surface area contributed by atoms with Gasteiger partial charge in [0.2, 0.25) is 0 Å². The largest absolute Gasteiger partial charge is 0.494 e. The van der Waals surface area contributed by atoms with Gasteiger partial charge in [-0.1, -0.05) is 12.1 Å². The predicted molar refractivity (Wildman–Crippen MR) is 86.4 cm³/mol. The summed E-state index contributed by atoms with van der Waals surface area (Å²) in [4.78, 5) is 14.0. The van der Waals surface area contributed by atoms with Crippen LogP contribution in [0.2, 0.25) is 0 Å². The molecule has 2 aromatic rings. The Balaban J connectivity index is 2.08. The van der Waals surface area contributed by atoms with Crippen molar-refractivity contribution in [3.8, 4) is 17.0 Å². The lowest BCUT2D eigenvalue weighted by atomic mass is 10.1. The molecule has 1 heterocycles. The van der Waals surface area contributed by atoms with E-state index in [1.165, 1.54) is 0 Å². The maximum atomic E-state index is 11.9. The summed E-state index contributed by atoms with van der Waals surface area (Å²) in [6, 6.07) is 7.44. The van der Waals surface area contributed by atoms with Crippen molar-refractivity contribution in [1.82, 2.24) is 20.3 Å². The molecule has 0 fully saturated rings. The van der Waals surface area contributed by atoms with Crippen molar-refractivity contribution in [2.75, 3.05) is 33.9 Å². The highest BCUT2D eigenvalue weighted by atomic mass is 16.5. The predicted octanol–water partition coefficient (Wildman–Crippen LogP) is 1.98. The molecular formula is C16H22N4O3. The fourth-order valence-electron chi connectivity index (χ4n) is 2.08. The zero-order chi connectivity index (χ0) is 16.7. The van der Waals surface area contributed by atoms with E-state index in [9.17, 15) is 4.79 Å². The van der Waals surface area contributed by atoms with Gasteiger partial charge in [0.15, 0.2) is 5.69 Å². The molecule has 0 atom stereocenters. The van der Waals surface area contributed by atoms with Crippen molar-refractivity contribution in [3.63, 3.8) is 0 Å². The molecule has 0 saturated carbocycles. The number of hydrogen-bond donors (Lipinski definition) is 1. The molecular weight excluding hydrogens is 296 g/mol. The van der Waals surface area contributed by atoms with Crippen molar-refractivity contribution in [3.05, 3.63) is 30.0 Å². The molecule has 0 saturated heterocycles. The van der Waals surface area contributed by atoms with E-state index in [-0.39, 0.29) is 5.69 Å². The number of carbonyl (C=O) groups is 1. The molecule has 124 valence electrons. The van der Waals surface area contributed by atoms with Crippen LogP contribution in [0.1, 0.15) is 23.8 Å². The van der Waals surface area contributed by atoms with E-state index in [1.54, 1.807) is 6.92 Å². The summed E-state index contributed by atoms with van der Waals surface area (Å²) < 4.78 is 10.7. The summed E-state index contributed by atoms with van der Waals surface area (Å²) in [6.07, 6.45) is 0.940. The number of nitrogens with zero attached hydrogens (tertiary/aromatic N) is 3. The van der Waals surface area contributed by atoms with Gasteiger partial charge < -0.3 is 14.4 Å². The second-order valence-corrected chi connectivity index (χ2v) is 5.27. The van der Waals surface area contributed by atoms with E-state index < -0.39 is 5.97 Å². The van der Waals surface area contributed by atoms with Gasteiger partial charge in [-0.25, -0.2) is 4.79 Å². The molecule has 1 N–H and O–H groups in total. The molecule has 0 unspecified atom stereocenters. The first-order chi connectivity index (χ1) is 11.1. The highest BCUT2D eigenvalue weighted by molar-refractivity contribution is 5.93. The lowest BCUT2D eigenvalue weighted by Gasteiger charge is -2.11. The van der Waals surface area contributed by atoms with Crippen LogP contribution in [-0.2, 0) is 4.74 Å². The van der Waals surface area contributed by atoms with Crippen molar-refractivity contribution in [2.24, 2.45) is 0 Å². The number of hydrogen-bond acceptors (Lipinski definition) is 6. The van der Waals surface area contributed by atoms with Gasteiger partial charge >= 0.3 is 5.97 Å². The Morgan fingerprint density at radius 2 is 2.13 bits per heavy atom. The van der Waals surface area contributed by atoms with E-state index in [0.29, 0.717) is 18.9 Å². The van der Waals surface area contributed by atoms with E-state index in [2.05, 4.69) is 20.3 Å². The second-order valence-electron chi connectivity index (χ2n) is 5.27. The van der Waals surface area contributed by atoms with Crippen LogP contribution in [0, 0.1) is 0 Å². The number of esters is 1. The first-order valence-electron chi connectivity index (χ1n) is 7.57. The Morgan fingerprint density at radius 3 is 2.87 bits per heavy atom. The van der Waals surface area contributed by atoms with Gasteiger partial charge in [-0.2, -0.15) is 10.3 Å². The van der Waals surface area contributed by atoms with Crippen LogP contribution in [0.25, 0.3) is 11.3 Å². The van der Waals surface area contributed by atoms with Gasteiger partial charge in [0.05, 0.1) is 13.2 Å². The summed E-state index contributed by atoms with van der Waals surface area (Å²) >= 11 is 0. The van der Waals surface area contributed by atoms with Crippen LogP contribution in [0.4, 0.5) is 0 Å². The number of benzene rings is 1. The number of ether oxygens (including phenoxy) is 2. The third kappa shape index (κ3) is 4.79. The summed E-state index contributed by atoms with van der Waals surface area (Å²) in [7, 11) is 4.06. The average molecular weight is 318 g/mol. The molecule has 0 amide bonds. The van der Waals surface area contributed by atoms with Gasteiger partial charge in [0, 0.05) is 12.1 Å². The molecule has 0 aliphatic rings. The molecule has 23 heavy (non-hydrogen) atoms. The van der Waals surface area contributed by atoms with Crippen LogP contribution in [0.5, 0.6) is 5.75 Å². The monoisotopic (exact) mass is 318 g/mol. The number of H-pyrrole nitrogens is 1. The van der Waals surface area contributed by atoms with E-state index in [0.717, 1.165) is 24.3 Å². The fraction of sp³-hybridized carbons (Fsp3) is 0.438. The number of nitrogens with one attached hydrogen (secondary N) is 1. The Morgan fingerprint density at radius 1 is 1.30 bits per heavy atom. The zero-order valence-corrected chi connectivity index (χ0v) is 13.7. The lowest BCUT2D eigenvalue weighted by Crippen LogP contribution is -2.15. The van der Waals surface area contributed by atoms with Crippen LogP contribution < -0.4 is 4.74 Å². The van der Waals surface area contributed by atoms with Crippen LogP contribution in [-0.4, -0.2) is 60.1 Å². The Bertz CT molecular complexity index is 640.